The van der Waals surface area contributed by atoms with Gasteiger partial charge in [0.1, 0.15) is 18.4 Å². The van der Waals surface area contributed by atoms with Crippen molar-refractivity contribution in [2.24, 2.45) is 0 Å². The van der Waals surface area contributed by atoms with Gasteiger partial charge in [-0.25, -0.2) is 4.39 Å². The third kappa shape index (κ3) is 3.57. The van der Waals surface area contributed by atoms with Crippen LogP contribution in [0.25, 0.3) is 0 Å². The van der Waals surface area contributed by atoms with Crippen LogP contribution in [-0.4, -0.2) is 42.8 Å². The topological polar surface area (TPSA) is 71.5 Å². The summed E-state index contributed by atoms with van der Waals surface area (Å²) in [5.74, 6) is -1.20. The summed E-state index contributed by atoms with van der Waals surface area (Å²) in [6.45, 7) is 0. The van der Waals surface area contributed by atoms with Crippen molar-refractivity contribution in [3.05, 3.63) is 35.1 Å². The maximum absolute atomic E-state index is 13.0. The molecule has 0 radical (unpaired) electrons. The molecule has 1 aromatic carbocycles. The molecule has 1 unspecified atom stereocenters. The first-order chi connectivity index (χ1) is 9.54. The summed E-state index contributed by atoms with van der Waals surface area (Å²) in [6, 6.07) is 2.45. The molecule has 1 aromatic rings. The van der Waals surface area contributed by atoms with Crippen LogP contribution >= 0.6 is 0 Å². The summed E-state index contributed by atoms with van der Waals surface area (Å²) in [7, 11) is 1.39. The molecule has 0 saturated heterocycles. The van der Waals surface area contributed by atoms with Crippen LogP contribution in [0, 0.1) is 5.82 Å². The standard InChI is InChI=1S/C14H14FNO4/c1-16(12(9-19)3-2-6-17)14(20)13-5-4-11(15)7-10(13)8-18/h4-9,12H,2-3H2,1H3. The van der Waals surface area contributed by atoms with E-state index in [1.54, 1.807) is 0 Å². The highest BCUT2D eigenvalue weighted by Crippen LogP contribution is 2.14. The average molecular weight is 279 g/mol. The molecule has 0 bridgehead atoms. The quantitative estimate of drug-likeness (QED) is 0.704. The molecule has 6 heteroatoms. The highest BCUT2D eigenvalue weighted by atomic mass is 19.1. The Morgan fingerprint density at radius 3 is 2.60 bits per heavy atom. The van der Waals surface area contributed by atoms with Crippen LogP contribution in [0.3, 0.4) is 0 Å². The molecule has 0 N–H and O–H groups in total. The molecule has 1 rings (SSSR count). The third-order valence-electron chi connectivity index (χ3n) is 2.93. The highest BCUT2D eigenvalue weighted by Gasteiger charge is 2.22. The molecule has 0 aliphatic carbocycles. The maximum atomic E-state index is 13.0. The normalized spacial score (nSPS) is 11.5. The molecule has 20 heavy (non-hydrogen) atoms. The van der Waals surface area contributed by atoms with Gasteiger partial charge in [-0.3, -0.25) is 9.59 Å². The lowest BCUT2D eigenvalue weighted by atomic mass is 10.1. The van der Waals surface area contributed by atoms with Gasteiger partial charge >= 0.3 is 0 Å². The maximum Gasteiger partial charge on any atom is 0.254 e. The second kappa shape index (κ2) is 7.28. The monoisotopic (exact) mass is 279 g/mol. The van der Waals surface area contributed by atoms with Gasteiger partial charge in [0.25, 0.3) is 5.91 Å². The van der Waals surface area contributed by atoms with Gasteiger partial charge in [0.05, 0.1) is 11.6 Å². The molecule has 0 aliphatic rings. The number of halogens is 1. The van der Waals surface area contributed by atoms with Gasteiger partial charge in [-0.15, -0.1) is 0 Å². The van der Waals surface area contributed by atoms with Crippen LogP contribution in [-0.2, 0) is 9.59 Å². The fourth-order valence-electron chi connectivity index (χ4n) is 1.76. The Kier molecular flexibility index (Phi) is 5.71. The van der Waals surface area contributed by atoms with Crippen LogP contribution < -0.4 is 0 Å². The Balaban J connectivity index is 3.01. The van der Waals surface area contributed by atoms with Gasteiger partial charge < -0.3 is 14.5 Å². The lowest BCUT2D eigenvalue weighted by molar-refractivity contribution is -0.112. The van der Waals surface area contributed by atoms with Gasteiger partial charge in [-0.05, 0) is 24.6 Å². The minimum absolute atomic E-state index is 0.0156. The fourth-order valence-corrected chi connectivity index (χ4v) is 1.76. The molecule has 0 fully saturated rings. The van der Waals surface area contributed by atoms with Crippen molar-refractivity contribution in [3.63, 3.8) is 0 Å². The Hall–Kier alpha value is -2.37. The van der Waals surface area contributed by atoms with Gasteiger partial charge in [0, 0.05) is 19.0 Å². The first kappa shape index (κ1) is 15.7. The van der Waals surface area contributed by atoms with Crippen LogP contribution in [0.15, 0.2) is 18.2 Å². The van der Waals surface area contributed by atoms with E-state index in [1.807, 2.05) is 0 Å². The number of nitrogens with zero attached hydrogens (tertiary/aromatic N) is 1. The molecule has 1 amide bonds. The Labute approximate surface area is 115 Å². The number of benzene rings is 1. The number of carbonyl (C=O) groups excluding carboxylic acids is 4. The van der Waals surface area contributed by atoms with Crippen LogP contribution in [0.1, 0.15) is 33.6 Å². The van der Waals surface area contributed by atoms with Gasteiger partial charge in [0.15, 0.2) is 6.29 Å². The average Bonchev–Trinajstić information content (AvgIpc) is 2.46. The molecule has 0 spiro atoms. The van der Waals surface area contributed by atoms with Crippen molar-refractivity contribution < 1.29 is 23.6 Å². The van der Waals surface area contributed by atoms with Crippen molar-refractivity contribution in [1.82, 2.24) is 4.90 Å². The largest absolute Gasteiger partial charge is 0.332 e. The van der Waals surface area contributed by atoms with Crippen molar-refractivity contribution in [3.8, 4) is 0 Å². The lowest BCUT2D eigenvalue weighted by Crippen LogP contribution is -2.38. The first-order valence-electron chi connectivity index (χ1n) is 5.96. The molecular weight excluding hydrogens is 265 g/mol. The zero-order chi connectivity index (χ0) is 15.1. The van der Waals surface area contributed by atoms with E-state index in [4.69, 9.17) is 0 Å². The van der Waals surface area contributed by atoms with E-state index in [0.717, 1.165) is 17.0 Å². The Bertz CT molecular complexity index is 530. The predicted molar refractivity (Wildman–Crippen MR) is 69.0 cm³/mol. The number of hydrogen-bond acceptors (Lipinski definition) is 4. The van der Waals surface area contributed by atoms with Gasteiger partial charge in [-0.2, -0.15) is 0 Å². The number of carbonyl (C=O) groups is 4. The van der Waals surface area contributed by atoms with Crippen molar-refractivity contribution in [1.29, 1.82) is 0 Å². The van der Waals surface area contributed by atoms with E-state index in [2.05, 4.69) is 0 Å². The number of hydrogen-bond donors (Lipinski definition) is 0. The SMILES string of the molecule is CN(C(=O)c1ccc(F)cc1C=O)C(C=O)CCC=O. The zero-order valence-electron chi connectivity index (χ0n) is 10.9. The minimum atomic E-state index is -0.766. The summed E-state index contributed by atoms with van der Waals surface area (Å²) in [5, 5.41) is 0. The number of rotatable bonds is 7. The number of aldehydes is 3. The van der Waals surface area contributed by atoms with E-state index in [9.17, 15) is 23.6 Å². The summed E-state index contributed by atoms with van der Waals surface area (Å²) in [4.78, 5) is 45.5. The van der Waals surface area contributed by atoms with Gasteiger partial charge in [-0.1, -0.05) is 0 Å². The molecule has 106 valence electrons. The zero-order valence-corrected chi connectivity index (χ0v) is 10.9. The van der Waals surface area contributed by atoms with Crippen molar-refractivity contribution in [2.75, 3.05) is 7.05 Å². The molecule has 1 atom stereocenters. The molecule has 0 saturated carbocycles. The Morgan fingerprint density at radius 2 is 2.05 bits per heavy atom. The predicted octanol–water partition coefficient (Wildman–Crippen LogP) is 1.26. The van der Waals surface area contributed by atoms with Crippen LogP contribution in [0.5, 0.6) is 0 Å². The number of likely N-dealkylation sites (N-methyl/N-ethyl adjacent to an activating group) is 1. The lowest BCUT2D eigenvalue weighted by Gasteiger charge is -2.23. The highest BCUT2D eigenvalue weighted by molar-refractivity contribution is 6.02. The smallest absolute Gasteiger partial charge is 0.254 e. The number of amides is 1. The summed E-state index contributed by atoms with van der Waals surface area (Å²) in [6.07, 6.45) is 1.94. The minimum Gasteiger partial charge on any atom is -0.332 e. The fraction of sp³-hybridized carbons (Fsp3) is 0.286. The van der Waals surface area contributed by atoms with E-state index in [1.165, 1.54) is 13.1 Å². The molecule has 0 aliphatic heterocycles. The van der Waals surface area contributed by atoms with Crippen LogP contribution in [0.2, 0.25) is 0 Å². The third-order valence-corrected chi connectivity index (χ3v) is 2.93. The summed E-state index contributed by atoms with van der Waals surface area (Å²) in [5.41, 5.74) is -0.0660. The van der Waals surface area contributed by atoms with Crippen molar-refractivity contribution >= 4 is 24.8 Å². The van der Waals surface area contributed by atoms with Crippen LogP contribution in [0.4, 0.5) is 4.39 Å². The van der Waals surface area contributed by atoms with Gasteiger partial charge in [0.2, 0.25) is 0 Å². The summed E-state index contributed by atoms with van der Waals surface area (Å²) < 4.78 is 13.0. The van der Waals surface area contributed by atoms with E-state index < -0.39 is 17.8 Å². The molecule has 5 nitrogen and oxygen atoms in total. The van der Waals surface area contributed by atoms with E-state index >= 15 is 0 Å². The first-order valence-corrected chi connectivity index (χ1v) is 5.96. The second-order valence-corrected chi connectivity index (χ2v) is 4.21. The molecular formula is C14H14FNO4. The van der Waals surface area contributed by atoms with E-state index in [-0.39, 0.29) is 24.0 Å². The summed E-state index contributed by atoms with van der Waals surface area (Å²) >= 11 is 0. The second-order valence-electron chi connectivity index (χ2n) is 4.21. The van der Waals surface area contributed by atoms with Crippen molar-refractivity contribution in [2.45, 2.75) is 18.9 Å². The molecule has 0 aromatic heterocycles. The van der Waals surface area contributed by atoms with E-state index in [0.29, 0.717) is 18.9 Å². The Morgan fingerprint density at radius 1 is 1.35 bits per heavy atom. The molecule has 0 heterocycles.